The van der Waals surface area contributed by atoms with Gasteiger partial charge in [0.15, 0.2) is 6.10 Å². The van der Waals surface area contributed by atoms with Gasteiger partial charge in [-0.25, -0.2) is 4.39 Å². The van der Waals surface area contributed by atoms with Crippen LogP contribution in [0.1, 0.15) is 38.4 Å². The zero-order chi connectivity index (χ0) is 14.7. The van der Waals surface area contributed by atoms with Crippen molar-refractivity contribution in [3.05, 3.63) is 29.6 Å². The number of nitrogens with zero attached hydrogens (tertiary/aromatic N) is 1. The summed E-state index contributed by atoms with van der Waals surface area (Å²) in [6.45, 7) is 4.70. The maximum Gasteiger partial charge on any atom is 0.263 e. The maximum atomic E-state index is 13.7. The predicted octanol–water partition coefficient (Wildman–Crippen LogP) is 2.27. The first-order valence-electron chi connectivity index (χ1n) is 6.92. The molecule has 1 fully saturated rings. The molecule has 5 heteroatoms. The second-order valence-corrected chi connectivity index (χ2v) is 5.15. The molecule has 2 atom stereocenters. The molecule has 1 aromatic carbocycles. The van der Waals surface area contributed by atoms with E-state index in [4.69, 9.17) is 4.74 Å². The van der Waals surface area contributed by atoms with Crippen LogP contribution >= 0.6 is 0 Å². The number of carbonyl (C=O) groups excluding carboxylic acids is 1. The predicted molar refractivity (Wildman–Crippen MR) is 72.9 cm³/mol. The maximum absolute atomic E-state index is 13.7. The Balaban J connectivity index is 2.02. The van der Waals surface area contributed by atoms with Crippen molar-refractivity contribution in [2.45, 2.75) is 38.9 Å². The third-order valence-corrected chi connectivity index (χ3v) is 3.50. The number of benzene rings is 1. The fourth-order valence-corrected chi connectivity index (χ4v) is 2.37. The standard InChI is InChI=1S/C15H20FNO3/c1-10(18)13-6-5-12(9-14(13)16)20-11(2)15(19)17-7-3-4-8-17/h5-6,9-11,18H,3-4,7-8H2,1-2H3. The van der Waals surface area contributed by atoms with Crippen LogP contribution in [0.3, 0.4) is 0 Å². The lowest BCUT2D eigenvalue weighted by Crippen LogP contribution is -2.38. The monoisotopic (exact) mass is 281 g/mol. The topological polar surface area (TPSA) is 49.8 Å². The van der Waals surface area contributed by atoms with Crippen LogP contribution in [-0.2, 0) is 4.79 Å². The van der Waals surface area contributed by atoms with Crippen LogP contribution in [0.15, 0.2) is 18.2 Å². The normalized spacial score (nSPS) is 17.9. The number of likely N-dealkylation sites (tertiary alicyclic amines) is 1. The molecule has 2 rings (SSSR count). The highest BCUT2D eigenvalue weighted by Gasteiger charge is 2.24. The lowest BCUT2D eigenvalue weighted by atomic mass is 10.1. The summed E-state index contributed by atoms with van der Waals surface area (Å²) in [6, 6.07) is 4.25. The van der Waals surface area contributed by atoms with E-state index in [1.165, 1.54) is 19.1 Å². The van der Waals surface area contributed by atoms with Crippen molar-refractivity contribution >= 4 is 5.91 Å². The van der Waals surface area contributed by atoms with E-state index in [1.54, 1.807) is 17.9 Å². The quantitative estimate of drug-likeness (QED) is 0.921. The summed E-state index contributed by atoms with van der Waals surface area (Å²) in [4.78, 5) is 13.8. The first kappa shape index (κ1) is 14.8. The molecule has 1 saturated heterocycles. The Bertz CT molecular complexity index is 484. The SMILES string of the molecule is CC(Oc1ccc(C(C)O)c(F)c1)C(=O)N1CCCC1. The van der Waals surface area contributed by atoms with Gasteiger partial charge in [-0.05, 0) is 38.8 Å². The molecule has 0 saturated carbocycles. The van der Waals surface area contributed by atoms with E-state index in [0.29, 0.717) is 5.75 Å². The average molecular weight is 281 g/mol. The fraction of sp³-hybridized carbons (Fsp3) is 0.533. The molecule has 0 radical (unpaired) electrons. The number of hydrogen-bond donors (Lipinski definition) is 1. The molecule has 0 bridgehead atoms. The molecular formula is C15H20FNO3. The van der Waals surface area contributed by atoms with Gasteiger partial charge < -0.3 is 14.7 Å². The number of amides is 1. The zero-order valence-corrected chi connectivity index (χ0v) is 11.8. The number of aliphatic hydroxyl groups is 1. The summed E-state index contributed by atoms with van der Waals surface area (Å²) < 4.78 is 19.2. The number of halogens is 1. The Labute approximate surface area is 118 Å². The Hall–Kier alpha value is -1.62. The molecule has 0 aliphatic carbocycles. The van der Waals surface area contributed by atoms with Gasteiger partial charge in [0, 0.05) is 24.7 Å². The van der Waals surface area contributed by atoms with E-state index < -0.39 is 18.0 Å². The third kappa shape index (κ3) is 3.28. The van der Waals surface area contributed by atoms with Gasteiger partial charge >= 0.3 is 0 Å². The number of hydrogen-bond acceptors (Lipinski definition) is 3. The minimum atomic E-state index is -0.868. The van der Waals surface area contributed by atoms with Crippen LogP contribution in [0.5, 0.6) is 5.75 Å². The first-order valence-corrected chi connectivity index (χ1v) is 6.92. The van der Waals surface area contributed by atoms with Crippen LogP contribution in [0.25, 0.3) is 0 Å². The van der Waals surface area contributed by atoms with E-state index in [0.717, 1.165) is 25.9 Å². The average Bonchev–Trinajstić information content (AvgIpc) is 2.91. The van der Waals surface area contributed by atoms with Gasteiger partial charge in [-0.2, -0.15) is 0 Å². The molecule has 1 aliphatic heterocycles. The van der Waals surface area contributed by atoms with Gasteiger partial charge in [-0.3, -0.25) is 4.79 Å². The summed E-state index contributed by atoms with van der Waals surface area (Å²) >= 11 is 0. The smallest absolute Gasteiger partial charge is 0.263 e. The molecule has 20 heavy (non-hydrogen) atoms. The molecule has 4 nitrogen and oxygen atoms in total. The molecule has 2 unspecified atom stereocenters. The van der Waals surface area contributed by atoms with Crippen molar-refractivity contribution in [2.24, 2.45) is 0 Å². The van der Waals surface area contributed by atoms with Crippen LogP contribution in [0.4, 0.5) is 4.39 Å². The Kier molecular flexibility index (Phi) is 4.60. The van der Waals surface area contributed by atoms with E-state index in [9.17, 15) is 14.3 Å². The highest BCUT2D eigenvalue weighted by atomic mass is 19.1. The van der Waals surface area contributed by atoms with Crippen LogP contribution in [-0.4, -0.2) is 35.1 Å². The Morgan fingerprint density at radius 3 is 2.55 bits per heavy atom. The molecule has 1 amide bonds. The molecule has 110 valence electrons. The van der Waals surface area contributed by atoms with Crippen molar-refractivity contribution in [1.29, 1.82) is 0 Å². The second kappa shape index (κ2) is 6.22. The summed E-state index contributed by atoms with van der Waals surface area (Å²) in [5.41, 5.74) is 0.218. The number of ether oxygens (including phenoxy) is 1. The highest BCUT2D eigenvalue weighted by molar-refractivity contribution is 5.81. The molecule has 0 aromatic heterocycles. The number of carbonyl (C=O) groups is 1. The van der Waals surface area contributed by atoms with Gasteiger partial charge in [0.1, 0.15) is 11.6 Å². The molecule has 1 N–H and O–H groups in total. The van der Waals surface area contributed by atoms with Crippen LogP contribution < -0.4 is 4.74 Å². The molecule has 1 heterocycles. The van der Waals surface area contributed by atoms with E-state index in [-0.39, 0.29) is 11.5 Å². The lowest BCUT2D eigenvalue weighted by Gasteiger charge is -2.21. The number of aliphatic hydroxyl groups excluding tert-OH is 1. The van der Waals surface area contributed by atoms with E-state index in [1.807, 2.05) is 0 Å². The lowest BCUT2D eigenvalue weighted by molar-refractivity contribution is -0.136. The number of rotatable bonds is 4. The van der Waals surface area contributed by atoms with Crippen LogP contribution in [0, 0.1) is 5.82 Å². The molecule has 1 aromatic rings. The largest absolute Gasteiger partial charge is 0.481 e. The second-order valence-electron chi connectivity index (χ2n) is 5.15. The van der Waals surface area contributed by atoms with Gasteiger partial charge in [0.05, 0.1) is 6.10 Å². The van der Waals surface area contributed by atoms with Crippen molar-refractivity contribution in [3.63, 3.8) is 0 Å². The Morgan fingerprint density at radius 1 is 1.35 bits per heavy atom. The summed E-state index contributed by atoms with van der Waals surface area (Å²) in [5.74, 6) is -0.298. The van der Waals surface area contributed by atoms with E-state index in [2.05, 4.69) is 0 Å². The summed E-state index contributed by atoms with van der Waals surface area (Å²) in [6.07, 6.45) is 0.546. The first-order chi connectivity index (χ1) is 9.49. The summed E-state index contributed by atoms with van der Waals surface area (Å²) in [7, 11) is 0. The minimum absolute atomic E-state index is 0.0671. The van der Waals surface area contributed by atoms with Crippen LogP contribution in [0.2, 0.25) is 0 Å². The fourth-order valence-electron chi connectivity index (χ4n) is 2.37. The van der Waals surface area contributed by atoms with Crippen molar-refractivity contribution in [2.75, 3.05) is 13.1 Å². The highest BCUT2D eigenvalue weighted by Crippen LogP contribution is 2.23. The van der Waals surface area contributed by atoms with Gasteiger partial charge in [0.2, 0.25) is 0 Å². The third-order valence-electron chi connectivity index (χ3n) is 3.50. The molecule has 0 spiro atoms. The summed E-state index contributed by atoms with van der Waals surface area (Å²) in [5, 5.41) is 9.37. The van der Waals surface area contributed by atoms with Crippen molar-refractivity contribution in [3.8, 4) is 5.75 Å². The minimum Gasteiger partial charge on any atom is -0.481 e. The van der Waals surface area contributed by atoms with Gasteiger partial charge in [0.25, 0.3) is 5.91 Å². The zero-order valence-electron chi connectivity index (χ0n) is 11.8. The molecular weight excluding hydrogens is 261 g/mol. The van der Waals surface area contributed by atoms with Gasteiger partial charge in [-0.1, -0.05) is 0 Å². The van der Waals surface area contributed by atoms with E-state index >= 15 is 0 Å². The Morgan fingerprint density at radius 2 is 2.00 bits per heavy atom. The van der Waals surface area contributed by atoms with Crippen molar-refractivity contribution < 1.29 is 19.0 Å². The van der Waals surface area contributed by atoms with Crippen molar-refractivity contribution in [1.82, 2.24) is 4.90 Å². The molecule has 1 aliphatic rings. The van der Waals surface area contributed by atoms with Gasteiger partial charge in [-0.15, -0.1) is 0 Å².